The highest BCUT2D eigenvalue weighted by atomic mass is 16.5. The molecule has 2 N–H and O–H groups in total. The van der Waals surface area contributed by atoms with Gasteiger partial charge in [-0.1, -0.05) is 6.92 Å². The van der Waals surface area contributed by atoms with Crippen molar-refractivity contribution in [3.63, 3.8) is 0 Å². The zero-order valence-electron chi connectivity index (χ0n) is 12.2. The van der Waals surface area contributed by atoms with E-state index in [4.69, 9.17) is 10.5 Å². The minimum absolute atomic E-state index is 0.0650. The van der Waals surface area contributed by atoms with E-state index in [-0.39, 0.29) is 23.9 Å². The third kappa shape index (κ3) is 1.88. The lowest BCUT2D eigenvalue weighted by atomic mass is 9.81. The molecule has 108 valence electrons. The molecule has 0 bridgehead atoms. The lowest BCUT2D eigenvalue weighted by Gasteiger charge is -2.44. The number of rotatable bonds is 2. The molecule has 5 heteroatoms. The molecule has 1 aliphatic heterocycles. The van der Waals surface area contributed by atoms with Crippen LogP contribution in [0.3, 0.4) is 0 Å². The maximum atomic E-state index is 12.2. The number of ether oxygens (including phenoxy) is 1. The first-order valence-electron chi connectivity index (χ1n) is 7.14. The first-order chi connectivity index (χ1) is 9.56. The minimum Gasteiger partial charge on any atom is -0.481 e. The highest BCUT2D eigenvalue weighted by Gasteiger charge is 2.47. The van der Waals surface area contributed by atoms with Gasteiger partial charge in [-0.25, -0.2) is 4.98 Å². The Kier molecular flexibility index (Phi) is 3.17. The number of hydrogen-bond donors (Lipinski definition) is 1. The molecular weight excluding hydrogens is 254 g/mol. The summed E-state index contributed by atoms with van der Waals surface area (Å²) in [5, 5.41) is 0. The molecule has 1 amide bonds. The van der Waals surface area contributed by atoms with E-state index in [0.29, 0.717) is 11.8 Å². The Morgan fingerprint density at radius 2 is 2.20 bits per heavy atom. The average Bonchev–Trinajstić information content (AvgIpc) is 3.25. The van der Waals surface area contributed by atoms with E-state index in [1.807, 2.05) is 11.0 Å². The van der Waals surface area contributed by atoms with Crippen molar-refractivity contribution in [1.82, 2.24) is 4.98 Å². The van der Waals surface area contributed by atoms with Crippen LogP contribution < -0.4 is 15.4 Å². The molecule has 5 nitrogen and oxygen atoms in total. The van der Waals surface area contributed by atoms with Crippen LogP contribution >= 0.6 is 0 Å². The van der Waals surface area contributed by atoms with E-state index in [9.17, 15) is 4.79 Å². The Labute approximate surface area is 119 Å². The Hall–Kier alpha value is -1.62. The van der Waals surface area contributed by atoms with Crippen LogP contribution in [0.15, 0.2) is 12.3 Å². The zero-order chi connectivity index (χ0) is 14.4. The second-order valence-electron chi connectivity index (χ2n) is 5.85. The van der Waals surface area contributed by atoms with E-state index in [1.54, 1.807) is 20.2 Å². The second kappa shape index (κ2) is 4.74. The van der Waals surface area contributed by atoms with Gasteiger partial charge in [-0.05, 0) is 30.7 Å². The van der Waals surface area contributed by atoms with Crippen molar-refractivity contribution in [3.05, 3.63) is 17.8 Å². The molecule has 1 aliphatic carbocycles. The molecule has 1 aromatic rings. The normalized spacial score (nSPS) is 29.0. The van der Waals surface area contributed by atoms with Crippen LogP contribution in [0, 0.1) is 11.8 Å². The van der Waals surface area contributed by atoms with Crippen LogP contribution in [0.1, 0.15) is 38.3 Å². The summed E-state index contributed by atoms with van der Waals surface area (Å²) in [5.74, 6) is 1.38. The predicted octanol–water partition coefficient (Wildman–Crippen LogP) is 1.87. The first kappa shape index (κ1) is 13.4. The molecule has 1 aromatic heterocycles. The van der Waals surface area contributed by atoms with Crippen molar-refractivity contribution in [3.8, 4) is 5.88 Å². The maximum absolute atomic E-state index is 12.2. The number of nitrogens with zero attached hydrogens (tertiary/aromatic N) is 2. The number of hydrogen-bond acceptors (Lipinski definition) is 4. The lowest BCUT2D eigenvalue weighted by molar-refractivity contribution is -0.117. The number of anilines is 1. The lowest BCUT2D eigenvalue weighted by Crippen LogP contribution is -2.51. The van der Waals surface area contributed by atoms with E-state index in [0.717, 1.165) is 11.3 Å². The Morgan fingerprint density at radius 3 is 2.75 bits per heavy atom. The number of pyridine rings is 1. The standard InChI is InChI=1S/C15H21N3O2/c1-8-13(16)12-11(6-7-17-15(12)20-3)18(9(2)19)14(8)10-4-5-10/h6-8,10,13-14H,4-5,16H2,1-3H3/t8-,13-,14-/m1/s1. The maximum Gasteiger partial charge on any atom is 0.224 e. The molecule has 0 radical (unpaired) electrons. The van der Waals surface area contributed by atoms with Gasteiger partial charge in [-0.15, -0.1) is 0 Å². The molecule has 20 heavy (non-hydrogen) atoms. The van der Waals surface area contributed by atoms with E-state index < -0.39 is 0 Å². The highest BCUT2D eigenvalue weighted by molar-refractivity contribution is 5.94. The fourth-order valence-electron chi connectivity index (χ4n) is 3.46. The first-order valence-corrected chi connectivity index (χ1v) is 7.14. The summed E-state index contributed by atoms with van der Waals surface area (Å²) in [6.07, 6.45) is 4.05. The van der Waals surface area contributed by atoms with Gasteiger partial charge in [-0.2, -0.15) is 0 Å². The molecule has 2 heterocycles. The topological polar surface area (TPSA) is 68.5 Å². The number of aromatic nitrogens is 1. The van der Waals surface area contributed by atoms with Crippen LogP contribution in [0.25, 0.3) is 0 Å². The number of carbonyl (C=O) groups is 1. The molecule has 0 saturated heterocycles. The number of methoxy groups -OCH3 is 1. The van der Waals surface area contributed by atoms with Gasteiger partial charge in [0, 0.05) is 25.2 Å². The number of carbonyl (C=O) groups excluding carboxylic acids is 1. The van der Waals surface area contributed by atoms with Crippen molar-refractivity contribution in [2.75, 3.05) is 12.0 Å². The molecule has 2 aliphatic rings. The molecule has 3 atom stereocenters. The summed E-state index contributed by atoms with van der Waals surface area (Å²) < 4.78 is 5.34. The van der Waals surface area contributed by atoms with Crippen molar-refractivity contribution < 1.29 is 9.53 Å². The number of nitrogens with two attached hydrogens (primary N) is 1. The van der Waals surface area contributed by atoms with Gasteiger partial charge in [0.2, 0.25) is 11.8 Å². The number of fused-ring (bicyclic) bond motifs is 1. The summed E-state index contributed by atoms with van der Waals surface area (Å²) in [7, 11) is 1.59. The SMILES string of the molecule is COc1nccc2c1[C@H](N)[C@@H](C)[C@H](C1CC1)N2C(C)=O. The predicted molar refractivity (Wildman–Crippen MR) is 76.6 cm³/mol. The summed E-state index contributed by atoms with van der Waals surface area (Å²) >= 11 is 0. The van der Waals surface area contributed by atoms with Crippen LogP contribution in [-0.4, -0.2) is 24.0 Å². The van der Waals surface area contributed by atoms with Crippen LogP contribution in [-0.2, 0) is 4.79 Å². The Morgan fingerprint density at radius 1 is 1.50 bits per heavy atom. The quantitative estimate of drug-likeness (QED) is 0.894. The van der Waals surface area contributed by atoms with Crippen LogP contribution in [0.4, 0.5) is 5.69 Å². The fraction of sp³-hybridized carbons (Fsp3) is 0.600. The smallest absolute Gasteiger partial charge is 0.224 e. The Bertz CT molecular complexity index is 542. The van der Waals surface area contributed by atoms with E-state index in [1.165, 1.54) is 12.8 Å². The number of amides is 1. The monoisotopic (exact) mass is 275 g/mol. The molecule has 0 unspecified atom stereocenters. The van der Waals surface area contributed by atoms with Crippen LogP contribution in [0.5, 0.6) is 5.88 Å². The summed E-state index contributed by atoms with van der Waals surface area (Å²) in [5.41, 5.74) is 8.15. The summed E-state index contributed by atoms with van der Waals surface area (Å²) in [6, 6.07) is 1.93. The summed E-state index contributed by atoms with van der Waals surface area (Å²) in [6.45, 7) is 3.74. The van der Waals surface area contributed by atoms with E-state index >= 15 is 0 Å². The van der Waals surface area contributed by atoms with Crippen molar-refractivity contribution in [2.24, 2.45) is 17.6 Å². The minimum atomic E-state index is -0.144. The molecule has 1 fully saturated rings. The zero-order valence-corrected chi connectivity index (χ0v) is 12.2. The molecular formula is C15H21N3O2. The Balaban J connectivity index is 2.16. The van der Waals surface area contributed by atoms with Crippen molar-refractivity contribution >= 4 is 11.6 Å². The third-order valence-electron chi connectivity index (χ3n) is 4.56. The van der Waals surface area contributed by atoms with Gasteiger partial charge in [0.25, 0.3) is 0 Å². The van der Waals surface area contributed by atoms with Gasteiger partial charge in [0.15, 0.2) is 0 Å². The van der Waals surface area contributed by atoms with Crippen molar-refractivity contribution in [1.29, 1.82) is 0 Å². The molecule has 3 rings (SSSR count). The van der Waals surface area contributed by atoms with Crippen LogP contribution in [0.2, 0.25) is 0 Å². The second-order valence-corrected chi connectivity index (χ2v) is 5.85. The largest absolute Gasteiger partial charge is 0.481 e. The average molecular weight is 275 g/mol. The summed E-state index contributed by atoms with van der Waals surface area (Å²) in [4.78, 5) is 18.3. The third-order valence-corrected chi connectivity index (χ3v) is 4.56. The molecule has 0 aromatic carbocycles. The molecule has 1 saturated carbocycles. The highest BCUT2D eigenvalue weighted by Crippen LogP contribution is 2.49. The van der Waals surface area contributed by atoms with Gasteiger partial charge < -0.3 is 15.4 Å². The molecule has 0 spiro atoms. The fourth-order valence-corrected chi connectivity index (χ4v) is 3.46. The van der Waals surface area contributed by atoms with Gasteiger partial charge in [-0.3, -0.25) is 4.79 Å². The van der Waals surface area contributed by atoms with Crippen molar-refractivity contribution in [2.45, 2.75) is 38.8 Å². The van der Waals surface area contributed by atoms with Gasteiger partial charge in [0.05, 0.1) is 18.4 Å². The van der Waals surface area contributed by atoms with Gasteiger partial charge in [0.1, 0.15) is 0 Å². The van der Waals surface area contributed by atoms with E-state index in [2.05, 4.69) is 11.9 Å². The van der Waals surface area contributed by atoms with Gasteiger partial charge >= 0.3 is 0 Å².